The van der Waals surface area contributed by atoms with E-state index in [9.17, 15) is 0 Å². The van der Waals surface area contributed by atoms with Gasteiger partial charge in [-0.1, -0.05) is 12.1 Å². The van der Waals surface area contributed by atoms with Crippen molar-refractivity contribution in [3.63, 3.8) is 0 Å². The van der Waals surface area contributed by atoms with Gasteiger partial charge in [-0.2, -0.15) is 0 Å². The lowest BCUT2D eigenvalue weighted by molar-refractivity contribution is 0.545. The van der Waals surface area contributed by atoms with Crippen LogP contribution in [0.5, 0.6) is 0 Å². The molecule has 6 heteroatoms. The fourth-order valence-electron chi connectivity index (χ4n) is 1.53. The van der Waals surface area contributed by atoms with Gasteiger partial charge in [0.15, 0.2) is 0 Å². The second kappa shape index (κ2) is 5.07. The van der Waals surface area contributed by atoms with Crippen molar-refractivity contribution in [2.75, 3.05) is 0 Å². The smallest absolute Gasteiger partial charge is 0.0833 e. The van der Waals surface area contributed by atoms with Crippen molar-refractivity contribution in [2.24, 2.45) is 5.73 Å². The quantitative estimate of drug-likeness (QED) is 0.944. The van der Waals surface area contributed by atoms with Crippen LogP contribution in [-0.4, -0.2) is 15.0 Å². The van der Waals surface area contributed by atoms with E-state index in [0.29, 0.717) is 0 Å². The number of nitrogens with zero attached hydrogens (tertiary/aromatic N) is 3. The lowest BCUT2D eigenvalue weighted by atomic mass is 10.2. The highest BCUT2D eigenvalue weighted by atomic mass is 79.9. The summed E-state index contributed by atoms with van der Waals surface area (Å²) in [4.78, 5) is 1.12. The first-order chi connectivity index (χ1) is 7.72. The summed E-state index contributed by atoms with van der Waals surface area (Å²) in [5.74, 6) is 0. The zero-order valence-electron chi connectivity index (χ0n) is 8.93. The Morgan fingerprint density at radius 2 is 2.38 bits per heavy atom. The molecule has 16 heavy (non-hydrogen) atoms. The largest absolute Gasteiger partial charge is 0.318 e. The summed E-state index contributed by atoms with van der Waals surface area (Å²) >= 11 is 5.08. The van der Waals surface area contributed by atoms with Crippen molar-refractivity contribution >= 4 is 27.3 Å². The molecule has 0 saturated heterocycles. The Morgan fingerprint density at radius 3 is 3.00 bits per heavy atom. The number of aryl methyl sites for hydroxylation is 1. The van der Waals surface area contributed by atoms with Crippen LogP contribution in [0.1, 0.15) is 30.0 Å². The third-order valence-corrected chi connectivity index (χ3v) is 4.01. The standard InChI is InChI=1S/C10H13BrN4S/c1-2-5-15-7(6-13-14-15)10(12)8-3-4-9(11)16-8/h3-4,6,10H,2,5,12H2,1H3. The Bertz CT molecular complexity index is 465. The van der Waals surface area contributed by atoms with Gasteiger partial charge < -0.3 is 5.73 Å². The second-order valence-corrected chi connectivity index (χ2v) is 6.00. The van der Waals surface area contributed by atoms with E-state index in [0.717, 1.165) is 27.3 Å². The Kier molecular flexibility index (Phi) is 3.73. The predicted molar refractivity (Wildman–Crippen MR) is 68.4 cm³/mol. The first-order valence-electron chi connectivity index (χ1n) is 5.11. The molecule has 0 aliphatic heterocycles. The van der Waals surface area contributed by atoms with Gasteiger partial charge >= 0.3 is 0 Å². The highest BCUT2D eigenvalue weighted by Crippen LogP contribution is 2.29. The van der Waals surface area contributed by atoms with E-state index >= 15 is 0 Å². The number of aromatic nitrogens is 3. The molecule has 0 aliphatic carbocycles. The Hall–Kier alpha value is -0.720. The van der Waals surface area contributed by atoms with Gasteiger partial charge in [0.25, 0.3) is 0 Å². The molecular weight excluding hydrogens is 288 g/mol. The lowest BCUT2D eigenvalue weighted by Crippen LogP contribution is -2.16. The van der Waals surface area contributed by atoms with Crippen LogP contribution in [0.3, 0.4) is 0 Å². The van der Waals surface area contributed by atoms with E-state index in [1.54, 1.807) is 17.5 Å². The van der Waals surface area contributed by atoms with Gasteiger partial charge in [0.2, 0.25) is 0 Å². The highest BCUT2D eigenvalue weighted by molar-refractivity contribution is 9.11. The van der Waals surface area contributed by atoms with Crippen LogP contribution in [0.25, 0.3) is 0 Å². The van der Waals surface area contributed by atoms with E-state index in [2.05, 4.69) is 33.2 Å². The maximum absolute atomic E-state index is 6.19. The van der Waals surface area contributed by atoms with E-state index in [1.807, 2.05) is 16.8 Å². The van der Waals surface area contributed by atoms with Crippen LogP contribution in [-0.2, 0) is 6.54 Å². The summed E-state index contributed by atoms with van der Waals surface area (Å²) in [6.07, 6.45) is 2.77. The molecule has 0 fully saturated rings. The Labute approximate surface area is 107 Å². The predicted octanol–water partition coefficient (Wildman–Crippen LogP) is 2.56. The zero-order chi connectivity index (χ0) is 11.5. The molecule has 0 bridgehead atoms. The molecule has 0 spiro atoms. The molecule has 2 aromatic rings. The summed E-state index contributed by atoms with van der Waals surface area (Å²) in [5.41, 5.74) is 7.16. The van der Waals surface area contributed by atoms with Gasteiger partial charge in [-0.15, -0.1) is 16.4 Å². The third kappa shape index (κ3) is 2.34. The molecule has 2 rings (SSSR count). The van der Waals surface area contributed by atoms with E-state index < -0.39 is 0 Å². The van der Waals surface area contributed by atoms with Gasteiger partial charge in [-0.05, 0) is 34.5 Å². The van der Waals surface area contributed by atoms with Crippen molar-refractivity contribution in [1.82, 2.24) is 15.0 Å². The number of halogens is 1. The van der Waals surface area contributed by atoms with Crippen molar-refractivity contribution in [1.29, 1.82) is 0 Å². The monoisotopic (exact) mass is 300 g/mol. The zero-order valence-corrected chi connectivity index (χ0v) is 11.3. The molecular formula is C10H13BrN4S. The molecule has 2 aromatic heterocycles. The number of rotatable bonds is 4. The van der Waals surface area contributed by atoms with Crippen LogP contribution in [0.2, 0.25) is 0 Å². The summed E-state index contributed by atoms with van der Waals surface area (Å²) in [6.45, 7) is 2.97. The number of nitrogens with two attached hydrogens (primary N) is 1. The molecule has 4 nitrogen and oxygen atoms in total. The van der Waals surface area contributed by atoms with Gasteiger partial charge in [-0.3, -0.25) is 0 Å². The van der Waals surface area contributed by atoms with Crippen molar-refractivity contribution in [2.45, 2.75) is 25.9 Å². The number of hydrogen-bond acceptors (Lipinski definition) is 4. The van der Waals surface area contributed by atoms with Crippen LogP contribution in [0.4, 0.5) is 0 Å². The van der Waals surface area contributed by atoms with Crippen LogP contribution in [0, 0.1) is 0 Å². The minimum absolute atomic E-state index is 0.141. The SMILES string of the molecule is CCCn1nncc1C(N)c1ccc(Br)s1. The molecule has 2 N–H and O–H groups in total. The second-order valence-electron chi connectivity index (χ2n) is 3.50. The molecule has 0 radical (unpaired) electrons. The van der Waals surface area contributed by atoms with Crippen molar-refractivity contribution < 1.29 is 0 Å². The normalized spacial score (nSPS) is 12.9. The fourth-order valence-corrected chi connectivity index (χ4v) is 2.97. The molecule has 0 saturated carbocycles. The van der Waals surface area contributed by atoms with Crippen LogP contribution < -0.4 is 5.73 Å². The third-order valence-electron chi connectivity index (χ3n) is 2.30. The first kappa shape index (κ1) is 11.8. The molecule has 1 atom stereocenters. The minimum Gasteiger partial charge on any atom is -0.318 e. The average Bonchev–Trinajstić information content (AvgIpc) is 2.87. The Balaban J connectivity index is 2.26. The van der Waals surface area contributed by atoms with Gasteiger partial charge in [0, 0.05) is 11.4 Å². The van der Waals surface area contributed by atoms with Gasteiger partial charge in [0.05, 0.1) is 21.7 Å². The molecule has 1 unspecified atom stereocenters. The highest BCUT2D eigenvalue weighted by Gasteiger charge is 2.16. The topological polar surface area (TPSA) is 56.7 Å². The van der Waals surface area contributed by atoms with Crippen molar-refractivity contribution in [3.05, 3.63) is 32.7 Å². The molecule has 0 aliphatic rings. The van der Waals surface area contributed by atoms with Crippen molar-refractivity contribution in [3.8, 4) is 0 Å². The molecule has 86 valence electrons. The molecule has 2 heterocycles. The van der Waals surface area contributed by atoms with E-state index in [4.69, 9.17) is 5.73 Å². The summed E-state index contributed by atoms with van der Waals surface area (Å²) in [7, 11) is 0. The maximum atomic E-state index is 6.19. The number of hydrogen-bond donors (Lipinski definition) is 1. The van der Waals surface area contributed by atoms with E-state index in [-0.39, 0.29) is 6.04 Å². The average molecular weight is 301 g/mol. The summed E-state index contributed by atoms with van der Waals surface area (Å²) in [5, 5.41) is 7.96. The lowest BCUT2D eigenvalue weighted by Gasteiger charge is -2.10. The summed E-state index contributed by atoms with van der Waals surface area (Å²) < 4.78 is 2.96. The maximum Gasteiger partial charge on any atom is 0.0833 e. The van der Waals surface area contributed by atoms with E-state index in [1.165, 1.54) is 0 Å². The Morgan fingerprint density at radius 1 is 1.56 bits per heavy atom. The van der Waals surface area contributed by atoms with Crippen LogP contribution in [0.15, 0.2) is 22.1 Å². The van der Waals surface area contributed by atoms with Gasteiger partial charge in [-0.25, -0.2) is 4.68 Å². The summed E-state index contributed by atoms with van der Waals surface area (Å²) in [6, 6.07) is 3.90. The minimum atomic E-state index is -0.141. The number of thiophene rings is 1. The fraction of sp³-hybridized carbons (Fsp3) is 0.400. The van der Waals surface area contributed by atoms with Gasteiger partial charge in [0.1, 0.15) is 0 Å². The first-order valence-corrected chi connectivity index (χ1v) is 6.72. The molecule has 0 amide bonds. The van der Waals surface area contributed by atoms with Crippen LogP contribution >= 0.6 is 27.3 Å². The molecule has 0 aromatic carbocycles.